The number of esters is 1. The highest BCUT2D eigenvalue weighted by atomic mass is 16.5. The van der Waals surface area contributed by atoms with Gasteiger partial charge in [-0.05, 0) is 30.5 Å². The number of aryl methyl sites for hydroxylation is 1. The summed E-state index contributed by atoms with van der Waals surface area (Å²) in [4.78, 5) is 10.8. The maximum Gasteiger partial charge on any atom is 0.319 e. The van der Waals surface area contributed by atoms with Gasteiger partial charge in [0.1, 0.15) is 0 Å². The summed E-state index contributed by atoms with van der Waals surface area (Å²) in [5, 5.41) is 3.04. The SMILES string of the molecule is CCc1ccc(CCNCC(=O)OC)cc1. The molecular formula is C13H19NO2. The van der Waals surface area contributed by atoms with Crippen molar-refractivity contribution < 1.29 is 9.53 Å². The first kappa shape index (κ1) is 12.7. The Bertz CT molecular complexity index is 319. The number of hydrogen-bond donors (Lipinski definition) is 1. The molecule has 0 unspecified atom stereocenters. The molecule has 1 N–H and O–H groups in total. The van der Waals surface area contributed by atoms with Gasteiger partial charge in [0, 0.05) is 0 Å². The molecular weight excluding hydrogens is 202 g/mol. The van der Waals surface area contributed by atoms with E-state index in [4.69, 9.17) is 0 Å². The fourth-order valence-electron chi connectivity index (χ4n) is 1.44. The summed E-state index contributed by atoms with van der Waals surface area (Å²) in [6.07, 6.45) is 2.00. The van der Waals surface area contributed by atoms with Gasteiger partial charge in [0.25, 0.3) is 0 Å². The lowest BCUT2D eigenvalue weighted by molar-refractivity contribution is -0.139. The minimum Gasteiger partial charge on any atom is -0.468 e. The van der Waals surface area contributed by atoms with Crippen LogP contribution in [0, 0.1) is 0 Å². The Hall–Kier alpha value is -1.35. The normalized spacial score (nSPS) is 10.1. The van der Waals surface area contributed by atoms with Crippen LogP contribution in [-0.2, 0) is 22.4 Å². The van der Waals surface area contributed by atoms with Crippen molar-refractivity contribution in [1.82, 2.24) is 5.32 Å². The van der Waals surface area contributed by atoms with Crippen molar-refractivity contribution in [3.05, 3.63) is 35.4 Å². The van der Waals surface area contributed by atoms with Gasteiger partial charge >= 0.3 is 5.97 Å². The molecule has 0 saturated carbocycles. The minimum absolute atomic E-state index is 0.221. The van der Waals surface area contributed by atoms with E-state index in [1.165, 1.54) is 18.2 Å². The van der Waals surface area contributed by atoms with Gasteiger partial charge in [-0.25, -0.2) is 0 Å². The van der Waals surface area contributed by atoms with Crippen LogP contribution in [0.1, 0.15) is 18.1 Å². The zero-order valence-electron chi connectivity index (χ0n) is 9.95. The van der Waals surface area contributed by atoms with E-state index in [2.05, 4.69) is 41.2 Å². The molecule has 0 spiro atoms. The monoisotopic (exact) mass is 221 g/mol. The van der Waals surface area contributed by atoms with Gasteiger partial charge in [-0.15, -0.1) is 0 Å². The third kappa shape index (κ3) is 4.45. The molecule has 1 aromatic rings. The van der Waals surface area contributed by atoms with Crippen LogP contribution < -0.4 is 5.32 Å². The average Bonchev–Trinajstić information content (AvgIpc) is 2.35. The van der Waals surface area contributed by atoms with E-state index < -0.39 is 0 Å². The summed E-state index contributed by atoms with van der Waals surface area (Å²) in [6, 6.07) is 8.57. The molecule has 88 valence electrons. The summed E-state index contributed by atoms with van der Waals surface area (Å²) in [5.41, 5.74) is 2.64. The molecule has 0 aliphatic rings. The molecule has 0 atom stereocenters. The Morgan fingerprint density at radius 3 is 2.44 bits per heavy atom. The first-order valence-corrected chi connectivity index (χ1v) is 5.61. The van der Waals surface area contributed by atoms with Crippen LogP contribution in [-0.4, -0.2) is 26.2 Å². The van der Waals surface area contributed by atoms with Crippen LogP contribution >= 0.6 is 0 Å². The first-order valence-electron chi connectivity index (χ1n) is 5.61. The Labute approximate surface area is 96.8 Å². The molecule has 0 aromatic heterocycles. The maximum atomic E-state index is 10.8. The fourth-order valence-corrected chi connectivity index (χ4v) is 1.44. The molecule has 0 radical (unpaired) electrons. The second kappa shape index (κ2) is 7.01. The van der Waals surface area contributed by atoms with Crippen LogP contribution in [0.2, 0.25) is 0 Å². The minimum atomic E-state index is -0.221. The summed E-state index contributed by atoms with van der Waals surface area (Å²) in [7, 11) is 1.40. The summed E-state index contributed by atoms with van der Waals surface area (Å²) >= 11 is 0. The number of rotatable bonds is 6. The Kier molecular flexibility index (Phi) is 5.57. The summed E-state index contributed by atoms with van der Waals surface area (Å²) in [6.45, 7) is 3.22. The molecule has 16 heavy (non-hydrogen) atoms. The molecule has 0 saturated heterocycles. The van der Waals surface area contributed by atoms with Gasteiger partial charge in [0.15, 0.2) is 0 Å². The largest absolute Gasteiger partial charge is 0.468 e. The van der Waals surface area contributed by atoms with Gasteiger partial charge < -0.3 is 10.1 Å². The molecule has 1 rings (SSSR count). The van der Waals surface area contributed by atoms with Crippen LogP contribution in [0.3, 0.4) is 0 Å². The third-order valence-corrected chi connectivity index (χ3v) is 2.52. The second-order valence-corrected chi connectivity index (χ2v) is 3.67. The van der Waals surface area contributed by atoms with E-state index in [1.807, 2.05) is 0 Å². The average molecular weight is 221 g/mol. The molecule has 0 heterocycles. The molecule has 3 nitrogen and oxygen atoms in total. The number of hydrogen-bond acceptors (Lipinski definition) is 3. The zero-order valence-corrected chi connectivity index (χ0v) is 9.95. The Morgan fingerprint density at radius 2 is 1.88 bits per heavy atom. The summed E-state index contributed by atoms with van der Waals surface area (Å²) < 4.78 is 4.53. The highest BCUT2D eigenvalue weighted by Gasteiger charge is 1.98. The van der Waals surface area contributed by atoms with E-state index in [0.717, 1.165) is 19.4 Å². The van der Waals surface area contributed by atoms with E-state index in [1.54, 1.807) is 0 Å². The number of carbonyl (C=O) groups excluding carboxylic acids is 1. The second-order valence-electron chi connectivity index (χ2n) is 3.67. The van der Waals surface area contributed by atoms with E-state index in [-0.39, 0.29) is 12.5 Å². The smallest absolute Gasteiger partial charge is 0.319 e. The fraction of sp³-hybridized carbons (Fsp3) is 0.462. The quantitative estimate of drug-likeness (QED) is 0.585. The van der Waals surface area contributed by atoms with Crippen LogP contribution in [0.5, 0.6) is 0 Å². The molecule has 0 amide bonds. The lowest BCUT2D eigenvalue weighted by atomic mass is 10.1. The third-order valence-electron chi connectivity index (χ3n) is 2.52. The van der Waals surface area contributed by atoms with Crippen molar-refractivity contribution in [2.45, 2.75) is 19.8 Å². The number of benzene rings is 1. The lowest BCUT2D eigenvalue weighted by Crippen LogP contribution is -2.25. The van der Waals surface area contributed by atoms with E-state index in [9.17, 15) is 4.79 Å². The van der Waals surface area contributed by atoms with Crippen molar-refractivity contribution in [3.8, 4) is 0 Å². The van der Waals surface area contributed by atoms with E-state index >= 15 is 0 Å². The topological polar surface area (TPSA) is 38.3 Å². The molecule has 0 aliphatic carbocycles. The van der Waals surface area contributed by atoms with Gasteiger partial charge in [0.2, 0.25) is 0 Å². The van der Waals surface area contributed by atoms with Gasteiger partial charge in [-0.2, -0.15) is 0 Å². The number of carbonyl (C=O) groups is 1. The Morgan fingerprint density at radius 1 is 1.25 bits per heavy atom. The number of nitrogens with one attached hydrogen (secondary N) is 1. The van der Waals surface area contributed by atoms with Crippen LogP contribution in [0.4, 0.5) is 0 Å². The first-order chi connectivity index (χ1) is 7.76. The van der Waals surface area contributed by atoms with Crippen molar-refractivity contribution >= 4 is 5.97 Å². The number of ether oxygens (including phenoxy) is 1. The van der Waals surface area contributed by atoms with Crippen LogP contribution in [0.15, 0.2) is 24.3 Å². The molecule has 0 aliphatic heterocycles. The molecule has 3 heteroatoms. The van der Waals surface area contributed by atoms with Crippen molar-refractivity contribution in [2.24, 2.45) is 0 Å². The maximum absolute atomic E-state index is 10.8. The van der Waals surface area contributed by atoms with Gasteiger partial charge in [-0.3, -0.25) is 4.79 Å². The lowest BCUT2D eigenvalue weighted by Gasteiger charge is -2.04. The molecule has 0 fully saturated rings. The van der Waals surface area contributed by atoms with Crippen molar-refractivity contribution in [1.29, 1.82) is 0 Å². The molecule has 1 aromatic carbocycles. The van der Waals surface area contributed by atoms with Crippen molar-refractivity contribution in [2.75, 3.05) is 20.2 Å². The predicted octanol–water partition coefficient (Wildman–Crippen LogP) is 1.55. The van der Waals surface area contributed by atoms with Crippen LogP contribution in [0.25, 0.3) is 0 Å². The molecule has 0 bridgehead atoms. The van der Waals surface area contributed by atoms with E-state index in [0.29, 0.717) is 0 Å². The van der Waals surface area contributed by atoms with Gasteiger partial charge in [-0.1, -0.05) is 31.2 Å². The zero-order chi connectivity index (χ0) is 11.8. The highest BCUT2D eigenvalue weighted by molar-refractivity contribution is 5.71. The highest BCUT2D eigenvalue weighted by Crippen LogP contribution is 2.05. The Balaban J connectivity index is 2.24. The van der Waals surface area contributed by atoms with Crippen molar-refractivity contribution in [3.63, 3.8) is 0 Å². The standard InChI is InChI=1S/C13H19NO2/c1-3-11-4-6-12(7-5-11)8-9-14-10-13(15)16-2/h4-7,14H,3,8-10H2,1-2H3. The number of methoxy groups -OCH3 is 1. The summed E-state index contributed by atoms with van der Waals surface area (Å²) in [5.74, 6) is -0.221. The predicted molar refractivity (Wildman–Crippen MR) is 64.4 cm³/mol. The van der Waals surface area contributed by atoms with Gasteiger partial charge in [0.05, 0.1) is 13.7 Å².